The van der Waals surface area contributed by atoms with Gasteiger partial charge in [-0.25, -0.2) is 14.4 Å². The Kier molecular flexibility index (Phi) is 9.79. The maximum atomic E-state index is 14.8. The molecule has 7 nitrogen and oxygen atoms in total. The van der Waals surface area contributed by atoms with E-state index in [4.69, 9.17) is 24.1 Å². The first-order valence-corrected chi connectivity index (χ1v) is 9.20. The normalized spacial score (nSPS) is 19.9. The molecule has 1 atom stereocenters. The molecule has 2 rings (SSSR count). The molecule has 0 saturated heterocycles. The van der Waals surface area contributed by atoms with Crippen molar-refractivity contribution < 1.29 is 28.4 Å². The van der Waals surface area contributed by atoms with Crippen molar-refractivity contribution >= 4 is 5.57 Å². The van der Waals surface area contributed by atoms with Crippen molar-refractivity contribution in [2.24, 2.45) is 0 Å². The zero-order valence-electron chi connectivity index (χ0n) is 15.9. The summed E-state index contributed by atoms with van der Waals surface area (Å²) in [4.78, 5) is 8.48. The number of halogens is 1. The molecule has 0 radical (unpaired) electrons. The number of aliphatic hydroxyl groups excluding tert-OH is 1. The number of nitrogens with zero attached hydrogens (tertiary/aromatic N) is 2. The largest absolute Gasteiger partial charge is 0.390 e. The highest BCUT2D eigenvalue weighted by Crippen LogP contribution is 2.34. The van der Waals surface area contributed by atoms with Gasteiger partial charge >= 0.3 is 0 Å². The van der Waals surface area contributed by atoms with Crippen LogP contribution in [-0.2, 0) is 25.6 Å². The Hall–Kier alpha value is -1.45. The summed E-state index contributed by atoms with van der Waals surface area (Å²) < 4.78 is 35.8. The van der Waals surface area contributed by atoms with Gasteiger partial charge in [-0.15, -0.1) is 0 Å². The molecular formula is C19H29FN2O5. The second-order valence-electron chi connectivity index (χ2n) is 6.38. The summed E-state index contributed by atoms with van der Waals surface area (Å²) >= 11 is 0. The summed E-state index contributed by atoms with van der Waals surface area (Å²) in [5, 5.41) is 9.16. The molecule has 1 heterocycles. The van der Waals surface area contributed by atoms with Gasteiger partial charge in [0, 0.05) is 19.7 Å². The summed E-state index contributed by atoms with van der Waals surface area (Å²) in [6.07, 6.45) is 4.61. The lowest BCUT2D eigenvalue weighted by molar-refractivity contribution is -0.0267. The predicted octanol–water partition coefficient (Wildman–Crippen LogP) is 1.94. The van der Waals surface area contributed by atoms with Crippen LogP contribution in [0.5, 0.6) is 0 Å². The van der Waals surface area contributed by atoms with Crippen molar-refractivity contribution in [3.8, 4) is 0 Å². The van der Waals surface area contributed by atoms with Crippen LogP contribution in [0.25, 0.3) is 5.57 Å². The third-order valence-electron chi connectivity index (χ3n) is 4.26. The van der Waals surface area contributed by atoms with Crippen molar-refractivity contribution in [3.63, 3.8) is 0 Å². The standard InChI is InChI=1S/C19H29FN2O5/c1-24-8-9-25-10-11-26-12-13-27-15-19(20)5-2-16(3-6-19)18-21-7-4-17(14-23)22-18/h2,4,7,23H,3,5-6,8-15H2,1H3/t19-/m0/s1. The number of rotatable bonds is 13. The number of ether oxygens (including phenoxy) is 4. The van der Waals surface area contributed by atoms with Crippen LogP contribution in [0.3, 0.4) is 0 Å². The Morgan fingerprint density at radius 2 is 1.81 bits per heavy atom. The monoisotopic (exact) mass is 384 g/mol. The molecular weight excluding hydrogens is 355 g/mol. The Bertz CT molecular complexity index is 587. The van der Waals surface area contributed by atoms with E-state index in [1.165, 1.54) is 0 Å². The Morgan fingerprint density at radius 3 is 2.44 bits per heavy atom. The Labute approximate surface area is 159 Å². The van der Waals surface area contributed by atoms with E-state index in [-0.39, 0.29) is 19.6 Å². The van der Waals surface area contributed by atoms with Crippen LogP contribution >= 0.6 is 0 Å². The molecule has 27 heavy (non-hydrogen) atoms. The zero-order chi connectivity index (χ0) is 19.4. The summed E-state index contributed by atoms with van der Waals surface area (Å²) in [7, 11) is 1.63. The maximum Gasteiger partial charge on any atom is 0.155 e. The van der Waals surface area contributed by atoms with Gasteiger partial charge in [-0.2, -0.15) is 0 Å². The molecule has 0 spiro atoms. The van der Waals surface area contributed by atoms with E-state index in [2.05, 4.69) is 9.97 Å². The maximum absolute atomic E-state index is 14.8. The third kappa shape index (κ3) is 7.98. The average molecular weight is 384 g/mol. The van der Waals surface area contributed by atoms with Crippen molar-refractivity contribution in [1.82, 2.24) is 9.97 Å². The Morgan fingerprint density at radius 1 is 1.11 bits per heavy atom. The fourth-order valence-corrected chi connectivity index (χ4v) is 2.68. The molecule has 1 aliphatic carbocycles. The van der Waals surface area contributed by atoms with Gasteiger partial charge in [0.05, 0.1) is 58.5 Å². The van der Waals surface area contributed by atoms with Gasteiger partial charge in [-0.1, -0.05) is 6.08 Å². The summed E-state index contributed by atoms with van der Waals surface area (Å²) in [6, 6.07) is 1.66. The van der Waals surface area contributed by atoms with Gasteiger partial charge in [-0.05, 0) is 24.5 Å². The second-order valence-corrected chi connectivity index (χ2v) is 6.38. The van der Waals surface area contributed by atoms with Crippen LogP contribution in [0.15, 0.2) is 18.3 Å². The molecule has 1 aromatic heterocycles. The quantitative estimate of drug-likeness (QED) is 0.521. The first kappa shape index (κ1) is 21.8. The van der Waals surface area contributed by atoms with Crippen molar-refractivity contribution in [3.05, 3.63) is 29.9 Å². The van der Waals surface area contributed by atoms with Crippen LogP contribution < -0.4 is 0 Å². The van der Waals surface area contributed by atoms with E-state index in [0.29, 0.717) is 64.0 Å². The van der Waals surface area contributed by atoms with Gasteiger partial charge in [-0.3, -0.25) is 0 Å². The topological polar surface area (TPSA) is 82.9 Å². The number of methoxy groups -OCH3 is 1. The minimum Gasteiger partial charge on any atom is -0.390 e. The fourth-order valence-electron chi connectivity index (χ4n) is 2.68. The van der Waals surface area contributed by atoms with E-state index in [1.807, 2.05) is 6.08 Å². The zero-order valence-corrected chi connectivity index (χ0v) is 15.9. The minimum absolute atomic E-state index is 0.0437. The lowest BCUT2D eigenvalue weighted by Gasteiger charge is -2.28. The van der Waals surface area contributed by atoms with Gasteiger partial charge < -0.3 is 24.1 Å². The van der Waals surface area contributed by atoms with Crippen LogP contribution in [-0.4, -0.2) is 74.1 Å². The molecule has 152 valence electrons. The van der Waals surface area contributed by atoms with Gasteiger partial charge in [0.2, 0.25) is 0 Å². The first-order valence-electron chi connectivity index (χ1n) is 9.20. The number of hydrogen-bond donors (Lipinski definition) is 1. The molecule has 0 aliphatic heterocycles. The molecule has 0 aromatic carbocycles. The van der Waals surface area contributed by atoms with Crippen molar-refractivity contribution in [2.45, 2.75) is 31.5 Å². The number of allylic oxidation sites excluding steroid dienone is 2. The number of alkyl halides is 1. The van der Waals surface area contributed by atoms with Gasteiger partial charge in [0.15, 0.2) is 5.82 Å². The summed E-state index contributed by atoms with van der Waals surface area (Å²) in [5.41, 5.74) is 0.0993. The van der Waals surface area contributed by atoms with Crippen molar-refractivity contribution in [2.75, 3.05) is 53.4 Å². The van der Waals surface area contributed by atoms with E-state index in [1.54, 1.807) is 19.4 Å². The molecule has 1 aromatic rings. The lowest BCUT2D eigenvalue weighted by Crippen LogP contribution is -2.32. The van der Waals surface area contributed by atoms with Crippen molar-refractivity contribution in [1.29, 1.82) is 0 Å². The van der Waals surface area contributed by atoms with Crippen LogP contribution in [0.1, 0.15) is 30.8 Å². The number of aliphatic hydroxyl groups is 1. The third-order valence-corrected chi connectivity index (χ3v) is 4.26. The highest BCUT2D eigenvalue weighted by atomic mass is 19.1. The smallest absolute Gasteiger partial charge is 0.155 e. The minimum atomic E-state index is -1.37. The second kappa shape index (κ2) is 12.1. The molecule has 0 amide bonds. The Balaban J connectivity index is 1.62. The predicted molar refractivity (Wildman–Crippen MR) is 98.0 cm³/mol. The number of aromatic nitrogens is 2. The highest BCUT2D eigenvalue weighted by molar-refractivity contribution is 5.61. The summed E-state index contributed by atoms with van der Waals surface area (Å²) in [6.45, 7) is 2.76. The molecule has 0 bridgehead atoms. The lowest BCUT2D eigenvalue weighted by atomic mass is 9.87. The van der Waals surface area contributed by atoms with E-state index in [0.717, 1.165) is 5.57 Å². The van der Waals surface area contributed by atoms with Gasteiger partial charge in [0.25, 0.3) is 0 Å². The van der Waals surface area contributed by atoms with Gasteiger partial charge in [0.1, 0.15) is 5.67 Å². The molecule has 8 heteroatoms. The fraction of sp³-hybridized carbons (Fsp3) is 0.684. The molecule has 1 aliphatic rings. The summed E-state index contributed by atoms with van der Waals surface area (Å²) in [5.74, 6) is 0.561. The van der Waals surface area contributed by atoms with Crippen LogP contribution in [0, 0.1) is 0 Å². The SMILES string of the molecule is COCCOCCOCCOC[C@]1(F)CC=C(c2nccc(CO)n2)CC1. The molecule has 1 N–H and O–H groups in total. The number of hydrogen-bond acceptors (Lipinski definition) is 7. The van der Waals surface area contributed by atoms with E-state index >= 15 is 0 Å². The molecule has 0 fully saturated rings. The van der Waals surface area contributed by atoms with E-state index in [9.17, 15) is 4.39 Å². The average Bonchev–Trinajstić information content (AvgIpc) is 2.70. The molecule has 0 saturated carbocycles. The van der Waals surface area contributed by atoms with Crippen LogP contribution in [0.4, 0.5) is 4.39 Å². The highest BCUT2D eigenvalue weighted by Gasteiger charge is 2.32. The first-order chi connectivity index (χ1) is 13.2. The molecule has 0 unspecified atom stereocenters. The van der Waals surface area contributed by atoms with E-state index < -0.39 is 5.67 Å². The van der Waals surface area contributed by atoms with Crippen LogP contribution in [0.2, 0.25) is 0 Å².